The third kappa shape index (κ3) is 2.98. The van der Waals surface area contributed by atoms with Crippen LogP contribution >= 0.6 is 0 Å². The number of rotatable bonds is 4. The third-order valence-corrected chi connectivity index (χ3v) is 3.16. The molecule has 0 bridgehead atoms. The van der Waals surface area contributed by atoms with E-state index in [2.05, 4.69) is 4.98 Å². The maximum absolute atomic E-state index is 12.1. The van der Waals surface area contributed by atoms with Crippen LogP contribution in [0.25, 0.3) is 0 Å². The lowest BCUT2D eigenvalue weighted by Crippen LogP contribution is -2.38. The van der Waals surface area contributed by atoms with Crippen molar-refractivity contribution in [2.24, 2.45) is 5.73 Å². The molecule has 2 heterocycles. The lowest BCUT2D eigenvalue weighted by atomic mass is 10.1. The highest BCUT2D eigenvalue weighted by atomic mass is 16.6. The van der Waals surface area contributed by atoms with Crippen LogP contribution in [0.2, 0.25) is 0 Å². The van der Waals surface area contributed by atoms with E-state index in [1.54, 1.807) is 0 Å². The van der Waals surface area contributed by atoms with Crippen LogP contribution in [-0.4, -0.2) is 56.6 Å². The Hall–Kier alpha value is -2.30. The van der Waals surface area contributed by atoms with Crippen molar-refractivity contribution in [3.8, 4) is 0 Å². The fourth-order valence-corrected chi connectivity index (χ4v) is 2.09. The number of carbonyl (C=O) groups excluding carboxylic acids is 2. The van der Waals surface area contributed by atoms with Gasteiger partial charge in [-0.05, 0) is 0 Å². The lowest BCUT2D eigenvalue weighted by Gasteiger charge is -2.17. The Morgan fingerprint density at radius 1 is 1.45 bits per heavy atom. The van der Waals surface area contributed by atoms with Crippen molar-refractivity contribution in [1.82, 2.24) is 9.55 Å². The van der Waals surface area contributed by atoms with Crippen LogP contribution in [0.15, 0.2) is 17.2 Å². The molecule has 1 aromatic rings. The molecule has 2 rings (SSSR count). The number of aliphatic hydroxyl groups is 2. The molecule has 0 spiro atoms. The first kappa shape index (κ1) is 16.1. The van der Waals surface area contributed by atoms with E-state index in [1.807, 2.05) is 0 Å². The van der Waals surface area contributed by atoms with Gasteiger partial charge in [-0.2, -0.15) is 0 Å². The predicted octanol–water partition coefficient (Wildman–Crippen LogP) is -2.48. The van der Waals surface area contributed by atoms with E-state index >= 15 is 0 Å². The summed E-state index contributed by atoms with van der Waals surface area (Å²) in [6.45, 7) is 0.897. The van der Waals surface area contributed by atoms with Gasteiger partial charge in [0.05, 0.1) is 0 Å². The molecule has 0 aromatic carbocycles. The second-order valence-corrected chi connectivity index (χ2v) is 4.70. The van der Waals surface area contributed by atoms with Gasteiger partial charge >= 0.3 is 5.97 Å². The molecule has 0 saturated carbocycles. The molecule has 0 aliphatic carbocycles. The molecule has 1 saturated heterocycles. The maximum atomic E-state index is 12.1. The summed E-state index contributed by atoms with van der Waals surface area (Å²) in [6.07, 6.45) is -2.78. The fraction of sp³-hybridized carbons (Fsp3) is 0.500. The molecule has 1 aliphatic heterocycles. The molecule has 4 atom stereocenters. The van der Waals surface area contributed by atoms with Crippen molar-refractivity contribution < 1.29 is 29.3 Å². The Bertz CT molecular complexity index is 644. The maximum Gasteiger partial charge on any atom is 0.302 e. The van der Waals surface area contributed by atoms with Crippen LogP contribution in [-0.2, 0) is 14.3 Å². The quantitative estimate of drug-likeness (QED) is 0.516. The number of esters is 1. The smallest absolute Gasteiger partial charge is 0.302 e. The van der Waals surface area contributed by atoms with Crippen molar-refractivity contribution in [1.29, 1.82) is 0 Å². The Kier molecular flexibility index (Phi) is 4.54. The molecule has 22 heavy (non-hydrogen) atoms. The Morgan fingerprint density at radius 3 is 2.73 bits per heavy atom. The summed E-state index contributed by atoms with van der Waals surface area (Å²) in [5.74, 6) is -1.60. The van der Waals surface area contributed by atoms with Crippen molar-refractivity contribution in [2.45, 2.75) is 31.5 Å². The normalized spacial score (nSPS) is 27.6. The minimum atomic E-state index is -1.46. The first-order chi connectivity index (χ1) is 10.3. The van der Waals surface area contributed by atoms with Crippen LogP contribution < -0.4 is 11.3 Å². The minimum absolute atomic E-state index is 0.285. The Balaban J connectivity index is 2.26. The van der Waals surface area contributed by atoms with Crippen molar-refractivity contribution >= 4 is 11.9 Å². The molecule has 1 aromatic heterocycles. The van der Waals surface area contributed by atoms with Crippen LogP contribution in [0.3, 0.4) is 0 Å². The third-order valence-electron chi connectivity index (χ3n) is 3.16. The summed E-state index contributed by atoms with van der Waals surface area (Å²) in [4.78, 5) is 37.5. The number of primary amides is 1. The van der Waals surface area contributed by atoms with Gasteiger partial charge in [0, 0.05) is 19.3 Å². The van der Waals surface area contributed by atoms with Gasteiger partial charge in [-0.3, -0.25) is 19.0 Å². The average molecular weight is 313 g/mol. The van der Waals surface area contributed by atoms with Crippen molar-refractivity contribution in [3.63, 3.8) is 0 Å². The molecule has 1 amide bonds. The second kappa shape index (κ2) is 6.22. The summed E-state index contributed by atoms with van der Waals surface area (Å²) in [5.41, 5.74) is 3.65. The number of nitrogens with two attached hydrogens (primary N) is 1. The predicted molar refractivity (Wildman–Crippen MR) is 69.6 cm³/mol. The molecule has 120 valence electrons. The number of hydrogen-bond acceptors (Lipinski definition) is 8. The minimum Gasteiger partial charge on any atom is -0.463 e. The van der Waals surface area contributed by atoms with E-state index in [0.717, 1.165) is 10.8 Å². The van der Waals surface area contributed by atoms with Gasteiger partial charge in [0.25, 0.3) is 11.5 Å². The van der Waals surface area contributed by atoms with Gasteiger partial charge in [-0.25, -0.2) is 4.98 Å². The molecule has 1 fully saturated rings. The largest absolute Gasteiger partial charge is 0.463 e. The number of carbonyl (C=O) groups is 2. The Morgan fingerprint density at radius 2 is 2.14 bits per heavy atom. The molecule has 4 unspecified atom stereocenters. The molecular formula is C12H15N3O7. The zero-order chi connectivity index (χ0) is 16.4. The SMILES string of the molecule is CC(=O)OCC1OC(n2ccnc(C(N)=O)c2=O)C(O)C1O. The lowest BCUT2D eigenvalue weighted by molar-refractivity contribution is -0.147. The first-order valence-electron chi connectivity index (χ1n) is 6.35. The summed E-state index contributed by atoms with van der Waals surface area (Å²) in [5, 5.41) is 19.9. The zero-order valence-electron chi connectivity index (χ0n) is 11.6. The van der Waals surface area contributed by atoms with Crippen molar-refractivity contribution in [3.05, 3.63) is 28.4 Å². The van der Waals surface area contributed by atoms with Crippen LogP contribution in [0.4, 0.5) is 0 Å². The number of amides is 1. The highest BCUT2D eigenvalue weighted by Gasteiger charge is 2.44. The van der Waals surface area contributed by atoms with Crippen LogP contribution in [0, 0.1) is 0 Å². The fourth-order valence-electron chi connectivity index (χ4n) is 2.09. The number of aromatic nitrogens is 2. The van der Waals surface area contributed by atoms with Crippen LogP contribution in [0.1, 0.15) is 23.6 Å². The zero-order valence-corrected chi connectivity index (χ0v) is 11.6. The van der Waals surface area contributed by atoms with E-state index < -0.39 is 47.7 Å². The number of aliphatic hydroxyl groups excluding tert-OH is 2. The summed E-state index contributed by atoms with van der Waals surface area (Å²) < 4.78 is 11.0. The molecule has 10 heteroatoms. The Labute approximate surface area is 124 Å². The molecule has 1 aliphatic rings. The monoisotopic (exact) mass is 313 g/mol. The first-order valence-corrected chi connectivity index (χ1v) is 6.35. The standard InChI is InChI=1S/C12H15N3O7/c1-5(16)21-4-6-8(17)9(18)12(22-6)15-3-2-14-7(10(13)19)11(15)20/h2-3,6,8-9,12,17-18H,4H2,1H3,(H2,13,19). The van der Waals surface area contributed by atoms with E-state index in [-0.39, 0.29) is 6.61 Å². The van der Waals surface area contributed by atoms with Gasteiger partial charge in [0.1, 0.15) is 24.9 Å². The molecule has 4 N–H and O–H groups in total. The van der Waals surface area contributed by atoms with Crippen molar-refractivity contribution in [2.75, 3.05) is 6.61 Å². The van der Waals surface area contributed by atoms with E-state index in [1.165, 1.54) is 13.1 Å². The molecule has 0 radical (unpaired) electrons. The highest BCUT2D eigenvalue weighted by Crippen LogP contribution is 2.28. The topological polar surface area (TPSA) is 154 Å². The van der Waals surface area contributed by atoms with E-state index in [0.29, 0.717) is 0 Å². The van der Waals surface area contributed by atoms with Gasteiger partial charge < -0.3 is 25.4 Å². The highest BCUT2D eigenvalue weighted by molar-refractivity contribution is 5.90. The number of hydrogen-bond donors (Lipinski definition) is 3. The average Bonchev–Trinajstić information content (AvgIpc) is 2.73. The number of nitrogens with zero attached hydrogens (tertiary/aromatic N) is 2. The van der Waals surface area contributed by atoms with Gasteiger partial charge in [0.15, 0.2) is 11.9 Å². The summed E-state index contributed by atoms with van der Waals surface area (Å²) >= 11 is 0. The van der Waals surface area contributed by atoms with Gasteiger partial charge in [-0.1, -0.05) is 0 Å². The number of ether oxygens (including phenoxy) is 2. The molecular weight excluding hydrogens is 298 g/mol. The summed E-state index contributed by atoms with van der Waals surface area (Å²) in [7, 11) is 0. The molecule has 10 nitrogen and oxygen atoms in total. The van der Waals surface area contributed by atoms with Gasteiger partial charge in [-0.15, -0.1) is 0 Å². The van der Waals surface area contributed by atoms with E-state index in [9.17, 15) is 24.6 Å². The van der Waals surface area contributed by atoms with E-state index in [4.69, 9.17) is 15.2 Å². The second-order valence-electron chi connectivity index (χ2n) is 4.70. The van der Waals surface area contributed by atoms with Gasteiger partial charge in [0.2, 0.25) is 0 Å². The van der Waals surface area contributed by atoms with Crippen LogP contribution in [0.5, 0.6) is 0 Å². The summed E-state index contributed by atoms with van der Waals surface area (Å²) in [6, 6.07) is 0.